The molecular formula is C12H17BrN4O. The van der Waals surface area contributed by atoms with E-state index in [9.17, 15) is 4.79 Å². The zero-order chi connectivity index (χ0) is 13.3. The molecule has 1 aliphatic carbocycles. The highest BCUT2D eigenvalue weighted by Gasteiger charge is 2.27. The molecule has 0 radical (unpaired) electrons. The Balaban J connectivity index is 2.11. The first-order valence-electron chi connectivity index (χ1n) is 5.99. The summed E-state index contributed by atoms with van der Waals surface area (Å²) in [6.45, 7) is 1.83. The molecule has 0 bridgehead atoms. The summed E-state index contributed by atoms with van der Waals surface area (Å²) in [6.07, 6.45) is 2.31. The van der Waals surface area contributed by atoms with Crippen LogP contribution in [0.3, 0.4) is 0 Å². The van der Waals surface area contributed by atoms with Crippen molar-refractivity contribution in [3.05, 3.63) is 16.5 Å². The highest BCUT2D eigenvalue weighted by molar-refractivity contribution is 9.10. The minimum atomic E-state index is -0.297. The number of anilines is 1. The normalized spacial score (nSPS) is 16.2. The number of carbonyl (C=O) groups excluding carboxylic acids is 1. The van der Waals surface area contributed by atoms with Gasteiger partial charge in [0, 0.05) is 26.1 Å². The third kappa shape index (κ3) is 3.19. The first-order chi connectivity index (χ1) is 8.47. The van der Waals surface area contributed by atoms with Gasteiger partial charge in [-0.2, -0.15) is 0 Å². The van der Waals surface area contributed by atoms with Crippen molar-refractivity contribution < 1.29 is 4.79 Å². The zero-order valence-corrected chi connectivity index (χ0v) is 12.4. The number of nitrogens with one attached hydrogen (secondary N) is 1. The quantitative estimate of drug-likeness (QED) is 0.864. The molecule has 1 N–H and O–H groups in total. The summed E-state index contributed by atoms with van der Waals surface area (Å²) in [5.74, 6) is 2.07. The number of hydrogen-bond donors (Lipinski definition) is 1. The summed E-state index contributed by atoms with van der Waals surface area (Å²) in [4.78, 5) is 22.1. The van der Waals surface area contributed by atoms with E-state index in [-0.39, 0.29) is 11.9 Å². The number of likely N-dealkylation sites (N-methyl/N-ethyl adjacent to an activating group) is 1. The van der Waals surface area contributed by atoms with Crippen LogP contribution in [-0.2, 0) is 4.79 Å². The summed E-state index contributed by atoms with van der Waals surface area (Å²) in [6, 6.07) is 1.50. The van der Waals surface area contributed by atoms with Gasteiger partial charge in [-0.15, -0.1) is 0 Å². The Morgan fingerprint density at radius 3 is 2.72 bits per heavy atom. The van der Waals surface area contributed by atoms with Crippen LogP contribution in [0, 0.1) is 0 Å². The molecule has 1 saturated carbocycles. The molecule has 2 rings (SSSR count). The maximum atomic E-state index is 11.8. The molecule has 0 spiro atoms. The summed E-state index contributed by atoms with van der Waals surface area (Å²) in [5.41, 5.74) is 0. The fourth-order valence-corrected chi connectivity index (χ4v) is 2.10. The third-order valence-corrected chi connectivity index (χ3v) is 3.24. The standard InChI is InChI=1S/C12H17BrN4O/c1-7(12(18)17(2)3)14-10-6-9(13)15-11(16-10)8-4-5-8/h6-8H,4-5H2,1-3H3,(H,14,15,16). The van der Waals surface area contributed by atoms with Crippen molar-refractivity contribution in [2.75, 3.05) is 19.4 Å². The van der Waals surface area contributed by atoms with E-state index in [4.69, 9.17) is 0 Å². The highest BCUT2D eigenvalue weighted by Crippen LogP contribution is 2.38. The van der Waals surface area contributed by atoms with E-state index in [1.807, 2.05) is 6.92 Å². The van der Waals surface area contributed by atoms with Crippen molar-refractivity contribution in [2.24, 2.45) is 0 Å². The van der Waals surface area contributed by atoms with Gasteiger partial charge in [0.25, 0.3) is 0 Å². The monoisotopic (exact) mass is 312 g/mol. The maximum Gasteiger partial charge on any atom is 0.244 e. The Labute approximate surface area is 115 Å². The molecule has 1 amide bonds. The predicted molar refractivity (Wildman–Crippen MR) is 73.5 cm³/mol. The minimum Gasteiger partial charge on any atom is -0.358 e. The molecule has 6 heteroatoms. The van der Waals surface area contributed by atoms with Gasteiger partial charge in [0.15, 0.2) is 0 Å². The second-order valence-electron chi connectivity index (χ2n) is 4.81. The minimum absolute atomic E-state index is 0.0257. The van der Waals surface area contributed by atoms with Gasteiger partial charge in [0.1, 0.15) is 22.3 Å². The first kappa shape index (κ1) is 13.3. The molecule has 1 atom stereocenters. The van der Waals surface area contributed by atoms with Crippen LogP contribution in [0.5, 0.6) is 0 Å². The van der Waals surface area contributed by atoms with E-state index in [1.165, 1.54) is 0 Å². The largest absolute Gasteiger partial charge is 0.358 e. The van der Waals surface area contributed by atoms with Crippen molar-refractivity contribution >= 4 is 27.7 Å². The summed E-state index contributed by atoms with van der Waals surface area (Å²) in [5, 5.41) is 3.11. The predicted octanol–water partition coefficient (Wildman–Crippen LogP) is 2.01. The molecule has 18 heavy (non-hydrogen) atoms. The Bertz CT molecular complexity index is 459. The second-order valence-corrected chi connectivity index (χ2v) is 5.62. The van der Waals surface area contributed by atoms with Crippen LogP contribution in [0.25, 0.3) is 0 Å². The molecule has 1 aromatic heterocycles. The fraction of sp³-hybridized carbons (Fsp3) is 0.583. The molecular weight excluding hydrogens is 296 g/mol. The number of rotatable bonds is 4. The molecule has 0 aromatic carbocycles. The Hall–Kier alpha value is -1.17. The van der Waals surface area contributed by atoms with Crippen molar-refractivity contribution in [3.63, 3.8) is 0 Å². The maximum absolute atomic E-state index is 11.8. The van der Waals surface area contributed by atoms with E-state index in [0.29, 0.717) is 11.7 Å². The third-order valence-electron chi connectivity index (χ3n) is 2.83. The summed E-state index contributed by atoms with van der Waals surface area (Å²) >= 11 is 3.38. The van der Waals surface area contributed by atoms with Crippen LogP contribution in [0.1, 0.15) is 31.5 Å². The van der Waals surface area contributed by atoms with E-state index in [1.54, 1.807) is 25.1 Å². The van der Waals surface area contributed by atoms with Crippen LogP contribution >= 0.6 is 15.9 Å². The molecule has 1 unspecified atom stereocenters. The van der Waals surface area contributed by atoms with Crippen LogP contribution in [0.15, 0.2) is 10.7 Å². The van der Waals surface area contributed by atoms with Gasteiger partial charge >= 0.3 is 0 Å². The molecule has 0 saturated heterocycles. The molecule has 1 heterocycles. The van der Waals surface area contributed by atoms with Crippen LogP contribution in [-0.4, -0.2) is 40.9 Å². The van der Waals surface area contributed by atoms with Crippen molar-refractivity contribution in [3.8, 4) is 0 Å². The SMILES string of the molecule is CC(Nc1cc(Br)nc(C2CC2)n1)C(=O)N(C)C. The molecule has 0 aliphatic heterocycles. The lowest BCUT2D eigenvalue weighted by Gasteiger charge is -2.18. The molecule has 5 nitrogen and oxygen atoms in total. The topological polar surface area (TPSA) is 58.1 Å². The second kappa shape index (κ2) is 5.22. The highest BCUT2D eigenvalue weighted by atomic mass is 79.9. The molecule has 1 fully saturated rings. The van der Waals surface area contributed by atoms with Gasteiger partial charge in [-0.3, -0.25) is 4.79 Å². The Morgan fingerprint density at radius 1 is 1.50 bits per heavy atom. The number of nitrogens with zero attached hydrogens (tertiary/aromatic N) is 3. The summed E-state index contributed by atoms with van der Waals surface area (Å²) < 4.78 is 0.756. The Morgan fingerprint density at radius 2 is 2.17 bits per heavy atom. The van der Waals surface area contributed by atoms with E-state index in [2.05, 4.69) is 31.2 Å². The average Bonchev–Trinajstić information content (AvgIpc) is 3.10. The van der Waals surface area contributed by atoms with E-state index < -0.39 is 0 Å². The Kier molecular flexibility index (Phi) is 3.85. The molecule has 98 valence electrons. The smallest absolute Gasteiger partial charge is 0.244 e. The first-order valence-corrected chi connectivity index (χ1v) is 6.79. The van der Waals surface area contributed by atoms with Crippen molar-refractivity contribution in [1.29, 1.82) is 0 Å². The van der Waals surface area contributed by atoms with Crippen LogP contribution in [0.4, 0.5) is 5.82 Å². The number of carbonyl (C=O) groups is 1. The summed E-state index contributed by atoms with van der Waals surface area (Å²) in [7, 11) is 3.48. The molecule has 1 aliphatic rings. The lowest BCUT2D eigenvalue weighted by Crippen LogP contribution is -2.36. The van der Waals surface area contributed by atoms with E-state index >= 15 is 0 Å². The zero-order valence-electron chi connectivity index (χ0n) is 10.8. The van der Waals surface area contributed by atoms with Crippen molar-refractivity contribution in [2.45, 2.75) is 31.7 Å². The number of amides is 1. The van der Waals surface area contributed by atoms with E-state index in [0.717, 1.165) is 23.3 Å². The number of aromatic nitrogens is 2. The number of halogens is 1. The van der Waals surface area contributed by atoms with Gasteiger partial charge in [0.2, 0.25) is 5.91 Å². The lowest BCUT2D eigenvalue weighted by atomic mass is 10.3. The fourth-order valence-electron chi connectivity index (χ4n) is 1.70. The molecule has 1 aromatic rings. The van der Waals surface area contributed by atoms with Gasteiger partial charge in [-0.05, 0) is 35.7 Å². The average molecular weight is 313 g/mol. The number of hydrogen-bond acceptors (Lipinski definition) is 4. The van der Waals surface area contributed by atoms with Crippen molar-refractivity contribution in [1.82, 2.24) is 14.9 Å². The van der Waals surface area contributed by atoms with Gasteiger partial charge in [-0.25, -0.2) is 9.97 Å². The van der Waals surface area contributed by atoms with Gasteiger partial charge in [-0.1, -0.05) is 0 Å². The van der Waals surface area contributed by atoms with Crippen LogP contribution in [0.2, 0.25) is 0 Å². The van der Waals surface area contributed by atoms with Crippen LogP contribution < -0.4 is 5.32 Å². The van der Waals surface area contributed by atoms with Gasteiger partial charge < -0.3 is 10.2 Å². The van der Waals surface area contributed by atoms with Gasteiger partial charge in [0.05, 0.1) is 0 Å². The lowest BCUT2D eigenvalue weighted by molar-refractivity contribution is -0.129.